The highest BCUT2D eigenvalue weighted by atomic mass is 35.5. The second-order valence-electron chi connectivity index (χ2n) is 7.92. The molecule has 0 spiro atoms. The summed E-state index contributed by atoms with van der Waals surface area (Å²) in [6.45, 7) is 6.38. The van der Waals surface area contributed by atoms with Crippen molar-refractivity contribution in [2.45, 2.75) is 32.7 Å². The van der Waals surface area contributed by atoms with Crippen LogP contribution in [-0.2, 0) is 24.1 Å². The van der Waals surface area contributed by atoms with Crippen LogP contribution >= 0.6 is 22.9 Å². The highest BCUT2D eigenvalue weighted by molar-refractivity contribution is 7.18. The minimum atomic E-state index is 0.655. The number of benzene rings is 1. The van der Waals surface area contributed by atoms with E-state index in [4.69, 9.17) is 31.0 Å². The van der Waals surface area contributed by atoms with Gasteiger partial charge in [-0.15, -0.1) is 11.3 Å². The fourth-order valence-electron chi connectivity index (χ4n) is 4.10. The number of aryl methyl sites for hydroxylation is 1. The zero-order valence-electron chi connectivity index (χ0n) is 16.5. The molecule has 1 atom stereocenters. The SMILES string of the molecule is C[C@H]1CCc2c(sc3nc(CN4CCOCC4)nc(Oc4cccc(Cl)c4)c23)C1. The average Bonchev–Trinajstić information content (AvgIpc) is 3.06. The van der Waals surface area contributed by atoms with E-state index in [9.17, 15) is 0 Å². The van der Waals surface area contributed by atoms with Gasteiger partial charge < -0.3 is 9.47 Å². The fraction of sp³-hybridized carbons (Fsp3) is 0.455. The Morgan fingerprint density at radius 3 is 2.97 bits per heavy atom. The second-order valence-corrected chi connectivity index (χ2v) is 9.44. The van der Waals surface area contributed by atoms with Crippen molar-refractivity contribution in [3.05, 3.63) is 45.6 Å². The van der Waals surface area contributed by atoms with Crippen LogP contribution in [0, 0.1) is 5.92 Å². The van der Waals surface area contributed by atoms with Gasteiger partial charge in [-0.2, -0.15) is 4.98 Å². The lowest BCUT2D eigenvalue weighted by atomic mass is 9.89. The highest BCUT2D eigenvalue weighted by Gasteiger charge is 2.25. The van der Waals surface area contributed by atoms with Gasteiger partial charge in [0, 0.05) is 23.0 Å². The van der Waals surface area contributed by atoms with Crippen molar-refractivity contribution in [2.24, 2.45) is 5.92 Å². The predicted octanol–water partition coefficient (Wildman–Crippen LogP) is 5.09. The van der Waals surface area contributed by atoms with Gasteiger partial charge in [-0.05, 0) is 48.9 Å². The Kier molecular flexibility index (Phi) is 5.43. The van der Waals surface area contributed by atoms with Gasteiger partial charge in [0.25, 0.3) is 0 Å². The number of fused-ring (bicyclic) bond motifs is 3. The smallest absolute Gasteiger partial charge is 0.231 e. The van der Waals surface area contributed by atoms with Crippen LogP contribution in [0.5, 0.6) is 11.6 Å². The summed E-state index contributed by atoms with van der Waals surface area (Å²) < 4.78 is 11.8. The van der Waals surface area contributed by atoms with Gasteiger partial charge in [0.15, 0.2) is 0 Å². The minimum Gasteiger partial charge on any atom is -0.438 e. The number of nitrogens with zero attached hydrogens (tertiary/aromatic N) is 3. The minimum absolute atomic E-state index is 0.655. The molecule has 1 aromatic carbocycles. The molecule has 1 fully saturated rings. The number of halogens is 1. The summed E-state index contributed by atoms with van der Waals surface area (Å²) in [6, 6.07) is 7.50. The van der Waals surface area contributed by atoms with Crippen LogP contribution in [0.1, 0.15) is 29.6 Å². The second kappa shape index (κ2) is 8.19. The van der Waals surface area contributed by atoms with Crippen molar-refractivity contribution >= 4 is 33.2 Å². The molecule has 29 heavy (non-hydrogen) atoms. The summed E-state index contributed by atoms with van der Waals surface area (Å²) in [6.07, 6.45) is 3.38. The molecule has 2 aromatic heterocycles. The number of thiophene rings is 1. The van der Waals surface area contributed by atoms with Crippen LogP contribution in [0.4, 0.5) is 0 Å². The summed E-state index contributed by atoms with van der Waals surface area (Å²) >= 11 is 7.98. The van der Waals surface area contributed by atoms with E-state index in [2.05, 4.69) is 11.8 Å². The molecule has 5 nitrogen and oxygen atoms in total. The largest absolute Gasteiger partial charge is 0.438 e. The van der Waals surface area contributed by atoms with Crippen molar-refractivity contribution in [1.29, 1.82) is 0 Å². The molecule has 2 aliphatic rings. The molecule has 0 radical (unpaired) electrons. The third kappa shape index (κ3) is 4.12. The molecule has 3 heterocycles. The van der Waals surface area contributed by atoms with E-state index >= 15 is 0 Å². The Bertz CT molecular complexity index is 1030. The van der Waals surface area contributed by atoms with E-state index in [0.717, 1.165) is 55.2 Å². The van der Waals surface area contributed by atoms with Gasteiger partial charge in [0.05, 0.1) is 25.1 Å². The molecular formula is C22H24ClN3O2S. The first-order valence-corrected chi connectivity index (χ1v) is 11.4. The Hall–Kier alpha value is -1.73. The molecule has 7 heteroatoms. The summed E-state index contributed by atoms with van der Waals surface area (Å²) in [7, 11) is 0. The molecule has 152 valence electrons. The Morgan fingerprint density at radius 1 is 1.28 bits per heavy atom. The summed E-state index contributed by atoms with van der Waals surface area (Å²) in [5, 5.41) is 1.74. The van der Waals surface area contributed by atoms with Crippen LogP contribution < -0.4 is 4.74 Å². The van der Waals surface area contributed by atoms with Gasteiger partial charge in [0.2, 0.25) is 5.88 Å². The van der Waals surface area contributed by atoms with E-state index in [1.165, 1.54) is 16.9 Å². The van der Waals surface area contributed by atoms with Crippen molar-refractivity contribution in [3.63, 3.8) is 0 Å². The van der Waals surface area contributed by atoms with Crippen LogP contribution in [-0.4, -0.2) is 41.2 Å². The lowest BCUT2D eigenvalue weighted by molar-refractivity contribution is 0.0330. The topological polar surface area (TPSA) is 47.5 Å². The van der Waals surface area contributed by atoms with Crippen LogP contribution in [0.3, 0.4) is 0 Å². The van der Waals surface area contributed by atoms with E-state index in [1.807, 2.05) is 35.6 Å². The van der Waals surface area contributed by atoms with Crippen LogP contribution in [0.15, 0.2) is 24.3 Å². The van der Waals surface area contributed by atoms with Crippen LogP contribution in [0.25, 0.3) is 10.2 Å². The average molecular weight is 430 g/mol. The molecule has 1 aliphatic carbocycles. The summed E-state index contributed by atoms with van der Waals surface area (Å²) in [5.41, 5.74) is 1.37. The Labute approximate surface area is 179 Å². The molecule has 1 saturated heterocycles. The van der Waals surface area contributed by atoms with E-state index < -0.39 is 0 Å². The zero-order valence-corrected chi connectivity index (χ0v) is 18.1. The van der Waals surface area contributed by atoms with Gasteiger partial charge in [0.1, 0.15) is 16.4 Å². The number of rotatable bonds is 4. The van der Waals surface area contributed by atoms with Crippen molar-refractivity contribution in [1.82, 2.24) is 14.9 Å². The lowest BCUT2D eigenvalue weighted by Gasteiger charge is -2.25. The Morgan fingerprint density at radius 2 is 2.14 bits per heavy atom. The Balaban J connectivity index is 1.56. The quantitative estimate of drug-likeness (QED) is 0.577. The first-order chi connectivity index (χ1) is 14.2. The maximum absolute atomic E-state index is 6.28. The number of hydrogen-bond acceptors (Lipinski definition) is 6. The molecule has 1 aliphatic heterocycles. The van der Waals surface area contributed by atoms with Gasteiger partial charge in [-0.1, -0.05) is 24.6 Å². The van der Waals surface area contributed by atoms with Crippen molar-refractivity contribution in [3.8, 4) is 11.6 Å². The third-order valence-electron chi connectivity index (χ3n) is 5.65. The van der Waals surface area contributed by atoms with E-state index in [1.54, 1.807) is 0 Å². The number of hydrogen-bond donors (Lipinski definition) is 0. The zero-order chi connectivity index (χ0) is 19.8. The fourth-order valence-corrected chi connectivity index (χ4v) is 5.67. The van der Waals surface area contributed by atoms with E-state index in [0.29, 0.717) is 29.1 Å². The summed E-state index contributed by atoms with van der Waals surface area (Å²) in [4.78, 5) is 14.6. The number of ether oxygens (including phenoxy) is 2. The van der Waals surface area contributed by atoms with E-state index in [-0.39, 0.29) is 0 Å². The predicted molar refractivity (Wildman–Crippen MR) is 116 cm³/mol. The maximum Gasteiger partial charge on any atom is 0.231 e. The first-order valence-electron chi connectivity index (χ1n) is 10.2. The molecule has 3 aromatic rings. The standard InChI is InChI=1S/C22H24ClN3O2S/c1-14-5-6-17-18(11-14)29-22-20(17)21(28-16-4-2-3-15(23)12-16)24-19(25-22)13-26-7-9-27-10-8-26/h2-4,12,14H,5-11,13H2,1H3/t14-/m0/s1. The molecule has 5 rings (SSSR count). The normalized spacial score (nSPS) is 20.0. The number of aromatic nitrogens is 2. The molecular weight excluding hydrogens is 406 g/mol. The van der Waals surface area contributed by atoms with Crippen molar-refractivity contribution < 1.29 is 9.47 Å². The monoisotopic (exact) mass is 429 g/mol. The highest BCUT2D eigenvalue weighted by Crippen LogP contribution is 2.42. The third-order valence-corrected chi connectivity index (χ3v) is 7.03. The number of morpholine rings is 1. The van der Waals surface area contributed by atoms with Gasteiger partial charge >= 0.3 is 0 Å². The molecule has 0 saturated carbocycles. The van der Waals surface area contributed by atoms with Crippen molar-refractivity contribution in [2.75, 3.05) is 26.3 Å². The van der Waals surface area contributed by atoms with Crippen LogP contribution in [0.2, 0.25) is 5.02 Å². The molecule has 0 N–H and O–H groups in total. The van der Waals surface area contributed by atoms with Gasteiger partial charge in [-0.3, -0.25) is 4.90 Å². The first kappa shape index (κ1) is 19.2. The molecule has 0 unspecified atom stereocenters. The molecule has 0 bridgehead atoms. The lowest BCUT2D eigenvalue weighted by Crippen LogP contribution is -2.36. The maximum atomic E-state index is 6.28. The summed E-state index contributed by atoms with van der Waals surface area (Å²) in [5.74, 6) is 2.89. The van der Waals surface area contributed by atoms with Gasteiger partial charge in [-0.25, -0.2) is 4.98 Å². The molecule has 0 amide bonds.